The van der Waals surface area contributed by atoms with E-state index in [4.69, 9.17) is 0 Å². The number of piperazine rings is 1. The Morgan fingerprint density at radius 2 is 1.90 bits per heavy atom. The zero-order valence-corrected chi connectivity index (χ0v) is 23.5. The number of amides is 2. The van der Waals surface area contributed by atoms with E-state index in [-0.39, 0.29) is 5.56 Å². The Balaban J connectivity index is 1.39. The molecule has 40 heavy (non-hydrogen) atoms. The second-order valence-electron chi connectivity index (χ2n) is 10.6. The molecule has 0 spiro atoms. The molecule has 0 saturated carbocycles. The largest absolute Gasteiger partial charge is 0.375 e. The van der Waals surface area contributed by atoms with Crippen LogP contribution in [0.15, 0.2) is 30.5 Å². The van der Waals surface area contributed by atoms with Gasteiger partial charge in [-0.05, 0) is 44.3 Å². The minimum Gasteiger partial charge on any atom is -0.375 e. The number of pyridine rings is 1. The van der Waals surface area contributed by atoms with Crippen LogP contribution in [0.1, 0.15) is 23.2 Å². The molecule has 0 radical (unpaired) electrons. The monoisotopic (exact) mass is 584 g/mol. The summed E-state index contributed by atoms with van der Waals surface area (Å²) < 4.78 is 63.0. The number of fused-ring (bicyclic) bond motifs is 1. The smallest absolute Gasteiger partial charge is 0.304 e. The van der Waals surface area contributed by atoms with Crippen molar-refractivity contribution in [1.82, 2.24) is 25.0 Å². The predicted octanol–water partition coefficient (Wildman–Crippen LogP) is 1.57. The Morgan fingerprint density at radius 1 is 1.18 bits per heavy atom. The van der Waals surface area contributed by atoms with Gasteiger partial charge in [-0.3, -0.25) is 14.6 Å². The number of halogens is 3. The van der Waals surface area contributed by atoms with Crippen molar-refractivity contribution in [3.05, 3.63) is 36.0 Å². The summed E-state index contributed by atoms with van der Waals surface area (Å²) in [6.07, 6.45) is 1.47. The number of benzene rings is 1. The van der Waals surface area contributed by atoms with Gasteiger partial charge < -0.3 is 24.9 Å². The molecule has 1 N–H and O–H groups in total. The van der Waals surface area contributed by atoms with Gasteiger partial charge >= 0.3 is 10.2 Å². The Bertz CT molecular complexity index is 1340. The second kappa shape index (κ2) is 12.3. The van der Waals surface area contributed by atoms with Gasteiger partial charge in [0, 0.05) is 63.5 Å². The number of rotatable bonds is 10. The molecule has 1 unspecified atom stereocenters. The van der Waals surface area contributed by atoms with Gasteiger partial charge in [0.15, 0.2) is 0 Å². The van der Waals surface area contributed by atoms with E-state index in [0.29, 0.717) is 15.8 Å². The lowest BCUT2D eigenvalue weighted by Crippen LogP contribution is -2.45. The van der Waals surface area contributed by atoms with E-state index in [1.807, 2.05) is 19.2 Å². The first-order chi connectivity index (χ1) is 18.8. The maximum atomic E-state index is 13.9. The summed E-state index contributed by atoms with van der Waals surface area (Å²) in [6, 6.07) is 5.56. The van der Waals surface area contributed by atoms with Crippen LogP contribution in [0.25, 0.3) is 10.9 Å². The molecule has 2 saturated heterocycles. The number of nitrogens with one attached hydrogen (secondary N) is 1. The van der Waals surface area contributed by atoms with Crippen molar-refractivity contribution >= 4 is 38.6 Å². The molecule has 0 bridgehead atoms. The Morgan fingerprint density at radius 3 is 2.60 bits per heavy atom. The van der Waals surface area contributed by atoms with Gasteiger partial charge in [0.05, 0.1) is 30.2 Å². The van der Waals surface area contributed by atoms with Crippen LogP contribution in [-0.4, -0.2) is 124 Å². The SMILES string of the molecule is CN1CCN(CCCN(C)c2ccc3nccc(C(=O)NCC(=O)N4CC(F)(F)CC4CS(=O)(=O)F)c3c2)CC1. The summed E-state index contributed by atoms with van der Waals surface area (Å²) in [5, 5.41) is 2.99. The van der Waals surface area contributed by atoms with Crippen molar-refractivity contribution in [2.75, 3.05) is 77.1 Å². The van der Waals surface area contributed by atoms with Gasteiger partial charge in [0.2, 0.25) is 5.91 Å². The highest BCUT2D eigenvalue weighted by Crippen LogP contribution is 2.33. The van der Waals surface area contributed by atoms with E-state index in [1.165, 1.54) is 12.3 Å². The fraction of sp³-hybridized carbons (Fsp3) is 0.577. The van der Waals surface area contributed by atoms with Crippen LogP contribution in [-0.2, 0) is 15.0 Å². The molecule has 1 aromatic heterocycles. The number of carbonyl (C=O) groups excluding carboxylic acids is 2. The van der Waals surface area contributed by atoms with Gasteiger partial charge in [0.25, 0.3) is 11.8 Å². The Hall–Kier alpha value is -2.97. The molecule has 2 aromatic rings. The van der Waals surface area contributed by atoms with Crippen molar-refractivity contribution in [2.24, 2.45) is 0 Å². The van der Waals surface area contributed by atoms with Crippen molar-refractivity contribution in [1.29, 1.82) is 0 Å². The molecule has 2 amide bonds. The number of nitrogens with zero attached hydrogens (tertiary/aromatic N) is 5. The molecule has 3 heterocycles. The van der Waals surface area contributed by atoms with Crippen LogP contribution < -0.4 is 10.2 Å². The molecule has 1 atom stereocenters. The first-order valence-corrected chi connectivity index (χ1v) is 14.8. The van der Waals surface area contributed by atoms with E-state index in [1.54, 1.807) is 6.07 Å². The van der Waals surface area contributed by atoms with E-state index in [0.717, 1.165) is 51.4 Å². The van der Waals surface area contributed by atoms with Crippen LogP contribution >= 0.6 is 0 Å². The summed E-state index contributed by atoms with van der Waals surface area (Å²) >= 11 is 0. The highest BCUT2D eigenvalue weighted by Gasteiger charge is 2.48. The molecule has 220 valence electrons. The van der Waals surface area contributed by atoms with Crippen molar-refractivity contribution in [3.63, 3.8) is 0 Å². The van der Waals surface area contributed by atoms with Crippen LogP contribution in [0.4, 0.5) is 18.4 Å². The molecule has 10 nitrogen and oxygen atoms in total. The highest BCUT2D eigenvalue weighted by atomic mass is 32.3. The Kier molecular flexibility index (Phi) is 9.20. The maximum Gasteiger partial charge on any atom is 0.304 e. The number of hydrogen-bond donors (Lipinski definition) is 1. The molecule has 2 aliphatic rings. The van der Waals surface area contributed by atoms with Gasteiger partial charge in [-0.2, -0.15) is 8.42 Å². The minimum absolute atomic E-state index is 0.250. The average Bonchev–Trinajstić information content (AvgIpc) is 3.19. The molecule has 0 aliphatic carbocycles. The Labute approximate surface area is 232 Å². The van der Waals surface area contributed by atoms with Crippen molar-refractivity contribution < 1.29 is 30.7 Å². The summed E-state index contributed by atoms with van der Waals surface area (Å²) in [5.74, 6) is -6.10. The summed E-state index contributed by atoms with van der Waals surface area (Å²) in [4.78, 5) is 37.5. The van der Waals surface area contributed by atoms with Gasteiger partial charge in [-0.15, -0.1) is 3.89 Å². The number of anilines is 1. The molecular weight excluding hydrogens is 549 g/mol. The number of likely N-dealkylation sites (N-methyl/N-ethyl adjacent to an activating group) is 1. The molecule has 2 aliphatic heterocycles. The van der Waals surface area contributed by atoms with Gasteiger partial charge in [-0.25, -0.2) is 8.78 Å². The number of aromatic nitrogens is 1. The van der Waals surface area contributed by atoms with E-state index in [2.05, 4.69) is 32.0 Å². The topological polar surface area (TPSA) is 106 Å². The highest BCUT2D eigenvalue weighted by molar-refractivity contribution is 7.86. The van der Waals surface area contributed by atoms with Crippen LogP contribution in [0, 0.1) is 0 Å². The van der Waals surface area contributed by atoms with Crippen LogP contribution in [0.3, 0.4) is 0 Å². The minimum atomic E-state index is -5.08. The zero-order valence-electron chi connectivity index (χ0n) is 22.7. The van der Waals surface area contributed by atoms with E-state index < -0.39 is 59.3 Å². The quantitative estimate of drug-likeness (QED) is 0.420. The van der Waals surface area contributed by atoms with E-state index in [9.17, 15) is 30.7 Å². The summed E-state index contributed by atoms with van der Waals surface area (Å²) in [7, 11) is -0.981. The number of alkyl halides is 2. The van der Waals surface area contributed by atoms with E-state index >= 15 is 0 Å². The lowest BCUT2D eigenvalue weighted by atomic mass is 10.1. The maximum absolute atomic E-state index is 13.9. The lowest BCUT2D eigenvalue weighted by molar-refractivity contribution is -0.131. The molecular formula is C26H35F3N6O4S. The zero-order chi connectivity index (χ0) is 29.1. The van der Waals surface area contributed by atoms with Crippen molar-refractivity contribution in [3.8, 4) is 0 Å². The molecule has 2 fully saturated rings. The predicted molar refractivity (Wildman–Crippen MR) is 146 cm³/mol. The summed E-state index contributed by atoms with van der Waals surface area (Å²) in [5.41, 5.74) is 1.71. The number of hydrogen-bond acceptors (Lipinski definition) is 8. The molecule has 4 rings (SSSR count). The fourth-order valence-corrected chi connectivity index (χ4v) is 5.98. The van der Waals surface area contributed by atoms with Gasteiger partial charge in [-0.1, -0.05) is 0 Å². The average molecular weight is 585 g/mol. The second-order valence-corrected chi connectivity index (χ2v) is 12.0. The van der Waals surface area contributed by atoms with Crippen LogP contribution in [0.5, 0.6) is 0 Å². The summed E-state index contributed by atoms with van der Waals surface area (Å²) in [6.45, 7) is 4.36. The number of carbonyl (C=O) groups is 2. The third kappa shape index (κ3) is 7.82. The van der Waals surface area contributed by atoms with Crippen molar-refractivity contribution in [2.45, 2.75) is 24.8 Å². The first kappa shape index (κ1) is 30.0. The fourth-order valence-electron chi connectivity index (χ4n) is 5.22. The first-order valence-electron chi connectivity index (χ1n) is 13.2. The number of likely N-dealkylation sites (tertiary alicyclic amines) is 1. The molecule has 14 heteroatoms. The third-order valence-corrected chi connectivity index (χ3v) is 8.25. The molecule has 1 aromatic carbocycles. The third-order valence-electron chi connectivity index (χ3n) is 7.46. The van der Waals surface area contributed by atoms with Gasteiger partial charge in [0.1, 0.15) is 5.75 Å². The normalized spacial score (nSPS) is 20.1. The van der Waals surface area contributed by atoms with Crippen LogP contribution in [0.2, 0.25) is 0 Å². The standard InChI is InChI=1S/C26H35F3N6O4S/c1-32-10-12-34(13-11-32)9-3-8-33(2)19-4-5-23-22(14-19)21(6-7-30-23)25(37)31-16-24(36)35-18-26(27,28)15-20(35)17-40(29,38)39/h4-7,14,20H,3,8-13,15-18H2,1-2H3,(H,31,37). The lowest BCUT2D eigenvalue weighted by Gasteiger charge is -2.32.